The first-order valence-electron chi connectivity index (χ1n) is 6.07. The van der Waals surface area contributed by atoms with Crippen LogP contribution in [-0.2, 0) is 9.53 Å². The molecule has 4 nitrogen and oxygen atoms in total. The fourth-order valence-corrected chi connectivity index (χ4v) is 2.33. The van der Waals surface area contributed by atoms with E-state index in [1.54, 1.807) is 11.2 Å². The van der Waals surface area contributed by atoms with Gasteiger partial charge in [0.05, 0.1) is 5.70 Å². The number of fused-ring (bicyclic) bond motifs is 1. The van der Waals surface area contributed by atoms with E-state index in [0.717, 1.165) is 11.3 Å². The van der Waals surface area contributed by atoms with E-state index in [9.17, 15) is 4.79 Å². The number of ether oxygens (including phenoxy) is 1. The van der Waals surface area contributed by atoms with Crippen LogP contribution in [0.15, 0.2) is 42.3 Å². The standard InChI is InChI=1S/C13H13NO2.CH5N/c1-9-7-12(15)14-11(9)8-16-13(14)10-5-3-2-4-6-10;1-2/h2-6,8-9,13H,7H2,1H3;2H2,1H3. The SMILES string of the molecule is CC1CC(=O)N2C1=COC2c1ccccc1.CN. The van der Waals surface area contributed by atoms with Gasteiger partial charge in [0.1, 0.15) is 6.26 Å². The number of amides is 1. The molecule has 3 rings (SSSR count). The molecule has 0 spiro atoms. The highest BCUT2D eigenvalue weighted by molar-refractivity contribution is 5.82. The number of carbonyl (C=O) groups excluding carboxylic acids is 1. The second-order valence-corrected chi connectivity index (χ2v) is 4.31. The van der Waals surface area contributed by atoms with Gasteiger partial charge in [-0.1, -0.05) is 37.3 Å². The third-order valence-electron chi connectivity index (χ3n) is 3.17. The Morgan fingerprint density at radius 3 is 2.61 bits per heavy atom. The topological polar surface area (TPSA) is 55.6 Å². The molecule has 0 aliphatic carbocycles. The van der Waals surface area contributed by atoms with Crippen LogP contribution in [0.1, 0.15) is 25.1 Å². The quantitative estimate of drug-likeness (QED) is 0.824. The van der Waals surface area contributed by atoms with Crippen LogP contribution < -0.4 is 5.73 Å². The van der Waals surface area contributed by atoms with Gasteiger partial charge in [-0.15, -0.1) is 0 Å². The number of allylic oxidation sites excluding steroid dienone is 1. The van der Waals surface area contributed by atoms with Gasteiger partial charge < -0.3 is 10.5 Å². The Hall–Kier alpha value is -1.81. The highest BCUT2D eigenvalue weighted by Gasteiger charge is 2.42. The number of hydrogen-bond donors (Lipinski definition) is 1. The van der Waals surface area contributed by atoms with Crippen LogP contribution in [0.2, 0.25) is 0 Å². The Balaban J connectivity index is 0.000000574. The maximum atomic E-state index is 11.9. The van der Waals surface area contributed by atoms with Crippen LogP contribution in [0.4, 0.5) is 0 Å². The minimum absolute atomic E-state index is 0.158. The van der Waals surface area contributed by atoms with E-state index in [2.05, 4.69) is 12.7 Å². The van der Waals surface area contributed by atoms with Crippen molar-refractivity contribution in [3.05, 3.63) is 47.9 Å². The summed E-state index contributed by atoms with van der Waals surface area (Å²) in [5.41, 5.74) is 6.54. The van der Waals surface area contributed by atoms with Gasteiger partial charge in [-0.3, -0.25) is 9.69 Å². The highest BCUT2D eigenvalue weighted by Crippen LogP contribution is 2.41. The summed E-state index contributed by atoms with van der Waals surface area (Å²) in [7, 11) is 1.50. The summed E-state index contributed by atoms with van der Waals surface area (Å²) >= 11 is 0. The molecule has 4 heteroatoms. The lowest BCUT2D eigenvalue weighted by atomic mass is 10.1. The van der Waals surface area contributed by atoms with Gasteiger partial charge in [-0.05, 0) is 7.05 Å². The molecule has 2 heterocycles. The molecule has 1 amide bonds. The highest BCUT2D eigenvalue weighted by atomic mass is 16.5. The molecule has 2 N–H and O–H groups in total. The van der Waals surface area contributed by atoms with Gasteiger partial charge >= 0.3 is 0 Å². The van der Waals surface area contributed by atoms with E-state index >= 15 is 0 Å². The zero-order valence-corrected chi connectivity index (χ0v) is 10.7. The summed E-state index contributed by atoms with van der Waals surface area (Å²) in [4.78, 5) is 13.6. The molecule has 2 aliphatic heterocycles. The molecule has 2 aliphatic rings. The lowest BCUT2D eigenvalue weighted by Gasteiger charge is -2.21. The van der Waals surface area contributed by atoms with E-state index in [4.69, 9.17) is 4.74 Å². The van der Waals surface area contributed by atoms with Crippen molar-refractivity contribution in [3.63, 3.8) is 0 Å². The fraction of sp³-hybridized carbons (Fsp3) is 0.357. The Labute approximate surface area is 107 Å². The van der Waals surface area contributed by atoms with Crippen LogP contribution in [-0.4, -0.2) is 17.9 Å². The van der Waals surface area contributed by atoms with Gasteiger partial charge in [-0.2, -0.15) is 0 Å². The Bertz CT molecular complexity index is 456. The van der Waals surface area contributed by atoms with Crippen LogP contribution in [0.3, 0.4) is 0 Å². The van der Waals surface area contributed by atoms with Crippen LogP contribution in [0.5, 0.6) is 0 Å². The Morgan fingerprint density at radius 1 is 1.28 bits per heavy atom. The zero-order valence-electron chi connectivity index (χ0n) is 10.7. The minimum atomic E-state index is -0.256. The lowest BCUT2D eigenvalue weighted by Crippen LogP contribution is -2.25. The van der Waals surface area contributed by atoms with Crippen LogP contribution >= 0.6 is 0 Å². The summed E-state index contributed by atoms with van der Waals surface area (Å²) in [6, 6.07) is 9.85. The van der Waals surface area contributed by atoms with Crippen molar-refractivity contribution in [3.8, 4) is 0 Å². The van der Waals surface area contributed by atoms with Crippen molar-refractivity contribution in [1.82, 2.24) is 4.90 Å². The molecule has 2 unspecified atom stereocenters. The number of rotatable bonds is 1. The molecule has 96 valence electrons. The predicted molar refractivity (Wildman–Crippen MR) is 69.1 cm³/mol. The van der Waals surface area contributed by atoms with Crippen molar-refractivity contribution >= 4 is 5.91 Å². The largest absolute Gasteiger partial charge is 0.472 e. The summed E-state index contributed by atoms with van der Waals surface area (Å²) < 4.78 is 5.59. The van der Waals surface area contributed by atoms with Crippen molar-refractivity contribution < 1.29 is 9.53 Å². The molecule has 18 heavy (non-hydrogen) atoms. The van der Waals surface area contributed by atoms with E-state index in [1.165, 1.54) is 7.05 Å². The summed E-state index contributed by atoms with van der Waals surface area (Å²) in [5.74, 6) is 0.436. The van der Waals surface area contributed by atoms with E-state index in [0.29, 0.717) is 6.42 Å². The van der Waals surface area contributed by atoms with Crippen LogP contribution in [0, 0.1) is 5.92 Å². The number of carbonyl (C=O) groups is 1. The molecular weight excluding hydrogens is 228 g/mol. The molecule has 2 atom stereocenters. The van der Waals surface area contributed by atoms with Gasteiger partial charge in [-0.25, -0.2) is 0 Å². The maximum absolute atomic E-state index is 11.9. The maximum Gasteiger partial charge on any atom is 0.230 e. The van der Waals surface area contributed by atoms with E-state index in [1.807, 2.05) is 30.3 Å². The molecule has 1 fully saturated rings. The zero-order chi connectivity index (χ0) is 13.1. The van der Waals surface area contributed by atoms with Gasteiger partial charge in [0.2, 0.25) is 12.1 Å². The predicted octanol–water partition coefficient (Wildman–Crippen LogP) is 2.00. The molecule has 0 aromatic heterocycles. The fourth-order valence-electron chi connectivity index (χ4n) is 2.33. The number of benzene rings is 1. The smallest absolute Gasteiger partial charge is 0.230 e. The number of nitrogens with two attached hydrogens (primary N) is 1. The summed E-state index contributed by atoms with van der Waals surface area (Å²) in [6.45, 7) is 2.06. The first-order chi connectivity index (χ1) is 8.77. The van der Waals surface area contributed by atoms with Gasteiger partial charge in [0, 0.05) is 17.9 Å². The summed E-state index contributed by atoms with van der Waals surface area (Å²) in [6.07, 6.45) is 2.07. The van der Waals surface area contributed by atoms with Crippen LogP contribution in [0.25, 0.3) is 0 Å². The van der Waals surface area contributed by atoms with Crippen molar-refractivity contribution in [1.29, 1.82) is 0 Å². The number of nitrogens with zero attached hydrogens (tertiary/aromatic N) is 1. The first-order valence-corrected chi connectivity index (χ1v) is 6.07. The third-order valence-corrected chi connectivity index (χ3v) is 3.17. The van der Waals surface area contributed by atoms with Crippen molar-refractivity contribution in [2.75, 3.05) is 7.05 Å². The van der Waals surface area contributed by atoms with Crippen molar-refractivity contribution in [2.45, 2.75) is 19.6 Å². The lowest BCUT2D eigenvalue weighted by molar-refractivity contribution is -0.132. The van der Waals surface area contributed by atoms with Gasteiger partial charge in [0.15, 0.2) is 0 Å². The average Bonchev–Trinajstić information content (AvgIpc) is 2.96. The molecule has 0 bridgehead atoms. The Morgan fingerprint density at radius 2 is 1.94 bits per heavy atom. The Kier molecular flexibility index (Phi) is 3.67. The first kappa shape index (κ1) is 12.6. The normalized spacial score (nSPS) is 24.9. The number of hydrogen-bond acceptors (Lipinski definition) is 3. The van der Waals surface area contributed by atoms with Crippen molar-refractivity contribution in [2.24, 2.45) is 11.7 Å². The summed E-state index contributed by atoms with van der Waals surface area (Å²) in [5, 5.41) is 0. The second-order valence-electron chi connectivity index (χ2n) is 4.31. The average molecular weight is 246 g/mol. The van der Waals surface area contributed by atoms with E-state index in [-0.39, 0.29) is 18.1 Å². The molecule has 1 aromatic carbocycles. The molecule has 0 saturated carbocycles. The molecule has 0 radical (unpaired) electrons. The molecule has 1 aromatic rings. The molecule has 1 saturated heterocycles. The minimum Gasteiger partial charge on any atom is -0.472 e. The third kappa shape index (κ3) is 1.99. The monoisotopic (exact) mass is 246 g/mol. The van der Waals surface area contributed by atoms with E-state index < -0.39 is 0 Å². The second kappa shape index (κ2) is 5.23. The van der Waals surface area contributed by atoms with Gasteiger partial charge in [0.25, 0.3) is 0 Å². The molecular formula is C14H18N2O2.